The molecule has 0 saturated heterocycles. The molecule has 0 fully saturated rings. The molecular formula is C14H8Cl2F3N3O2. The van der Waals surface area contributed by atoms with Crippen molar-refractivity contribution in [2.24, 2.45) is 0 Å². The number of hydrogen-bond donors (Lipinski definition) is 2. The Morgan fingerprint density at radius 1 is 1.29 bits per heavy atom. The molecule has 10 heteroatoms. The van der Waals surface area contributed by atoms with Crippen LogP contribution >= 0.6 is 23.2 Å². The van der Waals surface area contributed by atoms with Gasteiger partial charge in [0, 0.05) is 12.0 Å². The maximum atomic E-state index is 13.3. The van der Waals surface area contributed by atoms with E-state index < -0.39 is 23.3 Å². The first-order chi connectivity index (χ1) is 11.2. The van der Waals surface area contributed by atoms with Gasteiger partial charge in [0.15, 0.2) is 5.69 Å². The number of fused-ring (bicyclic) bond motifs is 1. The highest BCUT2D eigenvalue weighted by Gasteiger charge is 2.38. The highest BCUT2D eigenvalue weighted by molar-refractivity contribution is 6.42. The number of rotatable bonds is 2. The smallest absolute Gasteiger partial charge is 0.435 e. The molecule has 0 aliphatic heterocycles. The van der Waals surface area contributed by atoms with Gasteiger partial charge in [-0.25, -0.2) is 0 Å². The second kappa shape index (κ2) is 5.71. The molecule has 0 amide bonds. The van der Waals surface area contributed by atoms with Gasteiger partial charge < -0.3 is 10.1 Å². The summed E-state index contributed by atoms with van der Waals surface area (Å²) in [6, 6.07) is 5.29. The van der Waals surface area contributed by atoms with Crippen molar-refractivity contribution in [2.45, 2.75) is 12.6 Å². The van der Waals surface area contributed by atoms with E-state index in [2.05, 4.69) is 10.1 Å². The van der Waals surface area contributed by atoms with Gasteiger partial charge in [0.05, 0.1) is 16.1 Å². The SMILES string of the molecule is O=c1cc(O)n2nc(C(F)(F)F)c(Cc3cccc(Cl)c3Cl)c2[nH]1. The summed E-state index contributed by atoms with van der Waals surface area (Å²) in [5, 5.41) is 13.4. The molecule has 2 aromatic heterocycles. The summed E-state index contributed by atoms with van der Waals surface area (Å²) in [6.45, 7) is 0. The second-order valence-electron chi connectivity index (χ2n) is 4.97. The van der Waals surface area contributed by atoms with Gasteiger partial charge in [-0.3, -0.25) is 4.79 Å². The molecule has 0 spiro atoms. The third-order valence-corrected chi connectivity index (χ3v) is 4.23. The van der Waals surface area contributed by atoms with Crippen LogP contribution in [0.4, 0.5) is 13.2 Å². The summed E-state index contributed by atoms with van der Waals surface area (Å²) in [5.74, 6) is -0.706. The molecule has 0 radical (unpaired) electrons. The van der Waals surface area contributed by atoms with Crippen molar-refractivity contribution in [1.29, 1.82) is 0 Å². The molecule has 1 aromatic carbocycles. The molecule has 126 valence electrons. The van der Waals surface area contributed by atoms with Crippen LogP contribution in [-0.4, -0.2) is 19.7 Å². The van der Waals surface area contributed by atoms with Crippen LogP contribution in [0.3, 0.4) is 0 Å². The molecule has 2 heterocycles. The first kappa shape index (κ1) is 16.7. The van der Waals surface area contributed by atoms with Crippen LogP contribution in [0.2, 0.25) is 10.0 Å². The number of aromatic hydroxyl groups is 1. The fraction of sp³-hybridized carbons (Fsp3) is 0.143. The Kier molecular flexibility index (Phi) is 3.97. The summed E-state index contributed by atoms with van der Waals surface area (Å²) in [7, 11) is 0. The van der Waals surface area contributed by atoms with Crippen molar-refractivity contribution < 1.29 is 18.3 Å². The zero-order valence-electron chi connectivity index (χ0n) is 11.7. The lowest BCUT2D eigenvalue weighted by Gasteiger charge is -2.08. The fourth-order valence-electron chi connectivity index (χ4n) is 2.35. The number of halogens is 5. The summed E-state index contributed by atoms with van der Waals surface area (Å²) in [4.78, 5) is 13.8. The van der Waals surface area contributed by atoms with E-state index in [1.807, 2.05) is 0 Å². The minimum Gasteiger partial charge on any atom is -0.493 e. The predicted molar refractivity (Wildman–Crippen MR) is 81.7 cm³/mol. The summed E-state index contributed by atoms with van der Waals surface area (Å²) in [5.41, 5.74) is -2.24. The maximum Gasteiger partial charge on any atom is 0.435 e. The van der Waals surface area contributed by atoms with E-state index in [0.29, 0.717) is 10.1 Å². The Bertz CT molecular complexity index is 995. The van der Waals surface area contributed by atoms with Crippen molar-refractivity contribution in [3.8, 4) is 5.88 Å². The number of H-pyrrole nitrogens is 1. The largest absolute Gasteiger partial charge is 0.493 e. The minimum atomic E-state index is -4.78. The average molecular weight is 378 g/mol. The monoisotopic (exact) mass is 377 g/mol. The van der Waals surface area contributed by atoms with Crippen molar-refractivity contribution in [1.82, 2.24) is 14.6 Å². The number of alkyl halides is 3. The molecule has 3 rings (SSSR count). The Labute approximate surface area is 142 Å². The van der Waals surface area contributed by atoms with Crippen LogP contribution < -0.4 is 5.56 Å². The van der Waals surface area contributed by atoms with E-state index in [-0.39, 0.29) is 27.7 Å². The molecule has 0 saturated carbocycles. The van der Waals surface area contributed by atoms with E-state index in [4.69, 9.17) is 23.2 Å². The average Bonchev–Trinajstić information content (AvgIpc) is 2.83. The van der Waals surface area contributed by atoms with Gasteiger partial charge in [0.1, 0.15) is 5.65 Å². The van der Waals surface area contributed by atoms with Crippen LogP contribution in [0, 0.1) is 0 Å². The lowest BCUT2D eigenvalue weighted by Crippen LogP contribution is -2.10. The number of nitrogens with one attached hydrogen (secondary N) is 1. The highest BCUT2D eigenvalue weighted by atomic mass is 35.5. The lowest BCUT2D eigenvalue weighted by molar-refractivity contribution is -0.141. The summed E-state index contributed by atoms with van der Waals surface area (Å²) in [6.07, 6.45) is -5.06. The van der Waals surface area contributed by atoms with E-state index in [0.717, 1.165) is 6.07 Å². The van der Waals surface area contributed by atoms with Crippen molar-refractivity contribution in [3.63, 3.8) is 0 Å². The van der Waals surface area contributed by atoms with Gasteiger partial charge in [-0.1, -0.05) is 35.3 Å². The summed E-state index contributed by atoms with van der Waals surface area (Å²) < 4.78 is 40.5. The fourth-order valence-corrected chi connectivity index (χ4v) is 2.73. The topological polar surface area (TPSA) is 70.4 Å². The van der Waals surface area contributed by atoms with Gasteiger partial charge >= 0.3 is 6.18 Å². The molecule has 5 nitrogen and oxygen atoms in total. The van der Waals surface area contributed by atoms with Crippen molar-refractivity contribution in [3.05, 3.63) is 61.5 Å². The molecule has 0 aliphatic rings. The van der Waals surface area contributed by atoms with E-state index in [9.17, 15) is 23.1 Å². The Morgan fingerprint density at radius 3 is 2.67 bits per heavy atom. The van der Waals surface area contributed by atoms with E-state index in [1.54, 1.807) is 6.07 Å². The zero-order chi connectivity index (χ0) is 17.6. The van der Waals surface area contributed by atoms with Crippen LogP contribution in [0.15, 0.2) is 29.1 Å². The third kappa shape index (κ3) is 2.83. The molecule has 2 N–H and O–H groups in total. The van der Waals surface area contributed by atoms with Crippen molar-refractivity contribution in [2.75, 3.05) is 0 Å². The van der Waals surface area contributed by atoms with Crippen LogP contribution in [0.5, 0.6) is 5.88 Å². The quantitative estimate of drug-likeness (QED) is 0.716. The number of benzene rings is 1. The van der Waals surface area contributed by atoms with Gasteiger partial charge in [0.2, 0.25) is 5.88 Å². The minimum absolute atomic E-state index is 0.106. The Balaban J connectivity index is 2.29. The molecular weight excluding hydrogens is 370 g/mol. The first-order valence-electron chi connectivity index (χ1n) is 6.52. The standard InChI is InChI=1S/C14H8Cl2F3N3O2/c15-8-3-1-2-6(11(8)16)4-7-12(14(17,18)19)21-22-10(24)5-9(23)20-13(7)22/h1-3,5,24H,4H2,(H,20,23). The zero-order valence-corrected chi connectivity index (χ0v) is 13.2. The number of hydrogen-bond acceptors (Lipinski definition) is 3. The van der Waals surface area contributed by atoms with Gasteiger partial charge in [0.25, 0.3) is 5.56 Å². The number of aromatic nitrogens is 3. The normalized spacial score (nSPS) is 12.0. The van der Waals surface area contributed by atoms with E-state index in [1.165, 1.54) is 12.1 Å². The van der Waals surface area contributed by atoms with Crippen LogP contribution in [0.25, 0.3) is 5.65 Å². The van der Waals surface area contributed by atoms with Crippen LogP contribution in [-0.2, 0) is 12.6 Å². The molecule has 3 aromatic rings. The van der Waals surface area contributed by atoms with Gasteiger partial charge in [-0.15, -0.1) is 0 Å². The Hall–Kier alpha value is -2.19. The maximum absolute atomic E-state index is 13.3. The Morgan fingerprint density at radius 2 is 2.00 bits per heavy atom. The van der Waals surface area contributed by atoms with E-state index >= 15 is 0 Å². The van der Waals surface area contributed by atoms with Gasteiger partial charge in [-0.05, 0) is 11.6 Å². The molecule has 0 atom stereocenters. The predicted octanol–water partition coefficient (Wildman–Crippen LogP) is 3.64. The number of nitrogens with zero attached hydrogens (tertiary/aromatic N) is 2. The molecule has 24 heavy (non-hydrogen) atoms. The lowest BCUT2D eigenvalue weighted by atomic mass is 10.0. The van der Waals surface area contributed by atoms with Gasteiger partial charge in [-0.2, -0.15) is 22.8 Å². The highest BCUT2D eigenvalue weighted by Crippen LogP contribution is 2.36. The third-order valence-electron chi connectivity index (χ3n) is 3.37. The first-order valence-corrected chi connectivity index (χ1v) is 7.28. The summed E-state index contributed by atoms with van der Waals surface area (Å²) >= 11 is 11.9. The second-order valence-corrected chi connectivity index (χ2v) is 5.75. The van der Waals surface area contributed by atoms with Crippen molar-refractivity contribution >= 4 is 28.8 Å². The number of aromatic amines is 1. The molecule has 0 aliphatic carbocycles. The molecule has 0 bridgehead atoms. The molecule has 0 unspecified atom stereocenters. The van der Waals surface area contributed by atoms with Crippen LogP contribution in [0.1, 0.15) is 16.8 Å².